The van der Waals surface area contributed by atoms with Crippen LogP contribution in [-0.2, 0) is 4.79 Å². The molecule has 0 aliphatic carbocycles. The summed E-state index contributed by atoms with van der Waals surface area (Å²) < 4.78 is 12.5. The van der Waals surface area contributed by atoms with Gasteiger partial charge in [-0.05, 0) is 48.2 Å². The Balaban J connectivity index is 1.59. The lowest BCUT2D eigenvalue weighted by molar-refractivity contribution is -0.113. The van der Waals surface area contributed by atoms with E-state index in [-0.39, 0.29) is 5.91 Å². The number of carbonyl (C=O) groups is 1. The van der Waals surface area contributed by atoms with Crippen LogP contribution in [0.4, 0.5) is 11.6 Å². The quantitative estimate of drug-likeness (QED) is 0.412. The van der Waals surface area contributed by atoms with Crippen molar-refractivity contribution in [3.05, 3.63) is 82.9 Å². The molecule has 5 rings (SSSR count). The second kappa shape index (κ2) is 9.03. The van der Waals surface area contributed by atoms with Crippen LogP contribution < -0.4 is 20.1 Å². The average Bonchev–Trinajstić information content (AvgIpc) is 3.53. The summed E-state index contributed by atoms with van der Waals surface area (Å²) in [5.74, 6) is 2.25. The van der Waals surface area contributed by atoms with Crippen LogP contribution in [0.5, 0.6) is 11.5 Å². The van der Waals surface area contributed by atoms with Crippen LogP contribution in [0.2, 0.25) is 0 Å². The molecule has 1 atom stereocenters. The topological polar surface area (TPSA) is 90.3 Å². The first-order valence-electron chi connectivity index (χ1n) is 10.7. The monoisotopic (exact) mass is 473 g/mol. The summed E-state index contributed by atoms with van der Waals surface area (Å²) in [5, 5.41) is 13.0. The number of fused-ring (bicyclic) bond motifs is 1. The molecule has 1 amide bonds. The third-order valence-corrected chi connectivity index (χ3v) is 6.49. The van der Waals surface area contributed by atoms with E-state index in [1.54, 1.807) is 42.4 Å². The van der Waals surface area contributed by atoms with Gasteiger partial charge in [0, 0.05) is 5.70 Å². The fourth-order valence-corrected chi connectivity index (χ4v) is 4.64. The molecule has 34 heavy (non-hydrogen) atoms. The van der Waals surface area contributed by atoms with Gasteiger partial charge in [0.05, 0.1) is 30.4 Å². The minimum absolute atomic E-state index is 0.255. The van der Waals surface area contributed by atoms with Crippen molar-refractivity contribution in [2.75, 3.05) is 24.9 Å². The molecule has 1 aliphatic heterocycles. The third kappa shape index (κ3) is 3.90. The molecule has 3 heterocycles. The van der Waals surface area contributed by atoms with Gasteiger partial charge in [-0.25, -0.2) is 4.68 Å². The van der Waals surface area contributed by atoms with Crippen LogP contribution in [0, 0.1) is 0 Å². The molecule has 9 heteroatoms. The van der Waals surface area contributed by atoms with Gasteiger partial charge < -0.3 is 20.1 Å². The number of anilines is 2. The maximum absolute atomic E-state index is 13.6. The van der Waals surface area contributed by atoms with Gasteiger partial charge >= 0.3 is 0 Å². The highest BCUT2D eigenvalue weighted by Crippen LogP contribution is 2.38. The Bertz CT molecular complexity index is 1360. The fraction of sp³-hybridized carbons (Fsp3) is 0.160. The predicted molar refractivity (Wildman–Crippen MR) is 132 cm³/mol. The predicted octanol–water partition coefficient (Wildman–Crippen LogP) is 4.95. The second-order valence-corrected chi connectivity index (χ2v) is 8.62. The van der Waals surface area contributed by atoms with Gasteiger partial charge in [-0.2, -0.15) is 4.98 Å². The number of benzene rings is 2. The van der Waals surface area contributed by atoms with Crippen LogP contribution in [0.1, 0.15) is 18.5 Å². The highest BCUT2D eigenvalue weighted by atomic mass is 32.1. The molecular weight excluding hydrogens is 450 g/mol. The molecule has 1 unspecified atom stereocenters. The van der Waals surface area contributed by atoms with E-state index in [4.69, 9.17) is 19.6 Å². The minimum atomic E-state index is -0.488. The zero-order chi connectivity index (χ0) is 23.7. The lowest BCUT2D eigenvalue weighted by Gasteiger charge is -2.29. The van der Waals surface area contributed by atoms with Crippen LogP contribution >= 0.6 is 11.3 Å². The van der Waals surface area contributed by atoms with Gasteiger partial charge in [-0.15, -0.1) is 16.4 Å². The van der Waals surface area contributed by atoms with E-state index in [1.165, 1.54) is 0 Å². The molecule has 8 nitrogen and oxygen atoms in total. The van der Waals surface area contributed by atoms with E-state index in [0.29, 0.717) is 34.5 Å². The number of methoxy groups -OCH3 is 2. The SMILES string of the molecule is COc1ccc(C2C(C(=O)Nc3ccccc3OC)=C(C)Nc3nc(-c4cccs4)nn32)cc1. The Hall–Kier alpha value is -4.11. The Morgan fingerprint density at radius 3 is 2.56 bits per heavy atom. The summed E-state index contributed by atoms with van der Waals surface area (Å²) in [5.41, 5.74) is 2.71. The fourth-order valence-electron chi connectivity index (χ4n) is 3.99. The first kappa shape index (κ1) is 21.7. The Morgan fingerprint density at radius 1 is 1.06 bits per heavy atom. The smallest absolute Gasteiger partial charge is 0.255 e. The number of ether oxygens (including phenoxy) is 2. The molecule has 0 saturated carbocycles. The molecule has 0 radical (unpaired) electrons. The van der Waals surface area contributed by atoms with Crippen molar-refractivity contribution in [3.8, 4) is 22.2 Å². The van der Waals surface area contributed by atoms with Crippen molar-refractivity contribution in [2.24, 2.45) is 0 Å². The molecule has 0 bridgehead atoms. The zero-order valence-corrected chi connectivity index (χ0v) is 19.7. The van der Waals surface area contributed by atoms with Crippen molar-refractivity contribution in [2.45, 2.75) is 13.0 Å². The van der Waals surface area contributed by atoms with Crippen LogP contribution in [0.25, 0.3) is 10.7 Å². The molecular formula is C25H23N5O3S. The molecule has 1 aliphatic rings. The maximum atomic E-state index is 13.6. The van der Waals surface area contributed by atoms with E-state index >= 15 is 0 Å². The largest absolute Gasteiger partial charge is 0.497 e. The molecule has 2 aromatic heterocycles. The van der Waals surface area contributed by atoms with Gasteiger partial charge in [0.15, 0.2) is 5.82 Å². The lowest BCUT2D eigenvalue weighted by atomic mass is 9.95. The number of nitrogens with one attached hydrogen (secondary N) is 2. The van der Waals surface area contributed by atoms with Gasteiger partial charge in [0.25, 0.3) is 5.91 Å². The van der Waals surface area contributed by atoms with Crippen molar-refractivity contribution in [1.29, 1.82) is 0 Å². The summed E-state index contributed by atoms with van der Waals surface area (Å²) >= 11 is 1.57. The lowest BCUT2D eigenvalue weighted by Crippen LogP contribution is -2.31. The maximum Gasteiger partial charge on any atom is 0.255 e. The zero-order valence-electron chi connectivity index (χ0n) is 18.9. The highest BCUT2D eigenvalue weighted by Gasteiger charge is 2.34. The highest BCUT2D eigenvalue weighted by molar-refractivity contribution is 7.13. The van der Waals surface area contributed by atoms with Gasteiger partial charge in [0.2, 0.25) is 5.95 Å². The number of para-hydroxylation sites is 2. The number of carbonyl (C=O) groups excluding carboxylic acids is 1. The molecule has 0 saturated heterocycles. The van der Waals surface area contributed by atoms with E-state index in [9.17, 15) is 4.79 Å². The van der Waals surface area contributed by atoms with Gasteiger partial charge in [-0.3, -0.25) is 4.79 Å². The van der Waals surface area contributed by atoms with Crippen molar-refractivity contribution in [1.82, 2.24) is 14.8 Å². The molecule has 2 N–H and O–H groups in total. The number of amides is 1. The first-order valence-corrected chi connectivity index (χ1v) is 11.5. The van der Waals surface area contributed by atoms with Crippen molar-refractivity contribution >= 4 is 28.9 Å². The number of nitrogens with zero attached hydrogens (tertiary/aromatic N) is 3. The first-order chi connectivity index (χ1) is 16.6. The molecule has 172 valence electrons. The standard InChI is InChI=1S/C25H23N5O3S/c1-15-21(24(31)27-18-7-4-5-8-19(18)33-3)22(16-10-12-17(32-2)13-11-16)30-25(26-15)28-23(29-30)20-9-6-14-34-20/h4-14,22H,1-3H3,(H,27,31)(H,26,28,29). The Morgan fingerprint density at radius 2 is 1.85 bits per heavy atom. The molecule has 0 fully saturated rings. The van der Waals surface area contributed by atoms with E-state index in [1.807, 2.05) is 60.8 Å². The summed E-state index contributed by atoms with van der Waals surface area (Å²) in [7, 11) is 3.20. The number of thiophene rings is 1. The summed E-state index contributed by atoms with van der Waals surface area (Å²) in [4.78, 5) is 19.3. The summed E-state index contributed by atoms with van der Waals surface area (Å²) in [6.07, 6.45) is 0. The second-order valence-electron chi connectivity index (χ2n) is 7.67. The van der Waals surface area contributed by atoms with Crippen molar-refractivity contribution in [3.63, 3.8) is 0 Å². The molecule has 2 aromatic carbocycles. The van der Waals surface area contributed by atoms with Gasteiger partial charge in [-0.1, -0.05) is 30.3 Å². The average molecular weight is 474 g/mol. The van der Waals surface area contributed by atoms with Crippen LogP contribution in [0.3, 0.4) is 0 Å². The Labute approximate surface area is 200 Å². The summed E-state index contributed by atoms with van der Waals surface area (Å²) in [6.45, 7) is 1.87. The van der Waals surface area contributed by atoms with E-state index in [0.717, 1.165) is 16.2 Å². The molecule has 0 spiro atoms. The summed E-state index contributed by atoms with van der Waals surface area (Å²) in [6, 6.07) is 18.4. The number of rotatable bonds is 6. The van der Waals surface area contributed by atoms with E-state index < -0.39 is 6.04 Å². The third-order valence-electron chi connectivity index (χ3n) is 5.63. The number of aromatic nitrogens is 3. The number of hydrogen-bond donors (Lipinski definition) is 2. The number of hydrogen-bond acceptors (Lipinski definition) is 7. The number of allylic oxidation sites excluding steroid dienone is 1. The Kier molecular flexibility index (Phi) is 5.77. The van der Waals surface area contributed by atoms with Gasteiger partial charge in [0.1, 0.15) is 17.5 Å². The van der Waals surface area contributed by atoms with Crippen LogP contribution in [0.15, 0.2) is 77.3 Å². The van der Waals surface area contributed by atoms with E-state index in [2.05, 4.69) is 10.6 Å². The molecule has 4 aromatic rings. The normalized spacial score (nSPS) is 14.9. The van der Waals surface area contributed by atoms with Crippen LogP contribution in [-0.4, -0.2) is 34.9 Å². The van der Waals surface area contributed by atoms with Crippen molar-refractivity contribution < 1.29 is 14.3 Å². The minimum Gasteiger partial charge on any atom is -0.497 e.